The molecule has 0 amide bonds. The molecule has 106 valence electrons. The van der Waals surface area contributed by atoms with Gasteiger partial charge in [0, 0.05) is 12.1 Å². The van der Waals surface area contributed by atoms with E-state index in [1.54, 1.807) is 0 Å². The predicted molar refractivity (Wildman–Crippen MR) is 65.4 cm³/mol. The fourth-order valence-corrected chi connectivity index (χ4v) is 3.15. The molecule has 1 saturated carbocycles. The zero-order chi connectivity index (χ0) is 13.2. The first kappa shape index (κ1) is 14.1. The number of piperidine rings is 1. The lowest BCUT2D eigenvalue weighted by Gasteiger charge is -2.37. The molecule has 2 rings (SSSR count). The van der Waals surface area contributed by atoms with Crippen molar-refractivity contribution in [1.29, 1.82) is 0 Å². The Hall–Kier alpha value is -0.290. The van der Waals surface area contributed by atoms with E-state index in [1.165, 1.54) is 0 Å². The molecule has 0 aromatic carbocycles. The average molecular weight is 264 g/mol. The molecule has 2 fully saturated rings. The molecule has 5 heteroatoms. The molecule has 18 heavy (non-hydrogen) atoms. The summed E-state index contributed by atoms with van der Waals surface area (Å²) < 4.78 is 37.7. The van der Waals surface area contributed by atoms with E-state index in [0.717, 1.165) is 19.5 Å². The lowest BCUT2D eigenvalue weighted by molar-refractivity contribution is -0.182. The van der Waals surface area contributed by atoms with Gasteiger partial charge in [-0.1, -0.05) is 6.92 Å². The number of alkyl halides is 3. The summed E-state index contributed by atoms with van der Waals surface area (Å²) in [7, 11) is 0. The van der Waals surface area contributed by atoms with E-state index in [1.807, 2.05) is 0 Å². The minimum absolute atomic E-state index is 0.286. The third-order valence-electron chi connectivity index (χ3n) is 4.43. The molecule has 1 saturated heterocycles. The molecule has 0 spiro atoms. The molecule has 0 radical (unpaired) electrons. The maximum absolute atomic E-state index is 12.6. The Kier molecular flexibility index (Phi) is 4.54. The molecule has 2 N–H and O–H groups in total. The fraction of sp³-hybridized carbons (Fsp3) is 1.00. The molecule has 2 unspecified atom stereocenters. The van der Waals surface area contributed by atoms with Gasteiger partial charge in [-0.15, -0.1) is 0 Å². The number of nitrogens with one attached hydrogen (secondary N) is 2. The Balaban J connectivity index is 1.76. The maximum atomic E-state index is 12.6. The highest BCUT2D eigenvalue weighted by Crippen LogP contribution is 2.37. The van der Waals surface area contributed by atoms with Crippen LogP contribution in [-0.4, -0.2) is 31.3 Å². The van der Waals surface area contributed by atoms with Gasteiger partial charge in [-0.25, -0.2) is 0 Å². The van der Waals surface area contributed by atoms with Crippen LogP contribution < -0.4 is 10.6 Å². The topological polar surface area (TPSA) is 24.1 Å². The van der Waals surface area contributed by atoms with Crippen LogP contribution in [0.4, 0.5) is 13.2 Å². The summed E-state index contributed by atoms with van der Waals surface area (Å²) in [6.07, 6.45) is -0.990. The quantitative estimate of drug-likeness (QED) is 0.801. The molecule has 0 aromatic rings. The SMILES string of the molecule is CC1CNCCC1NC1CCC(C(F)(F)F)CC1. The van der Waals surface area contributed by atoms with Gasteiger partial charge in [0.05, 0.1) is 5.92 Å². The van der Waals surface area contributed by atoms with Gasteiger partial charge in [0.25, 0.3) is 0 Å². The Labute approximate surface area is 107 Å². The summed E-state index contributed by atoms with van der Waals surface area (Å²) in [5.74, 6) is -0.500. The Morgan fingerprint density at radius 3 is 2.28 bits per heavy atom. The molecule has 1 aliphatic heterocycles. The zero-order valence-electron chi connectivity index (χ0n) is 10.9. The number of hydrogen-bond donors (Lipinski definition) is 2. The Morgan fingerprint density at radius 1 is 1.06 bits per heavy atom. The molecular weight excluding hydrogens is 241 g/mol. The largest absolute Gasteiger partial charge is 0.391 e. The van der Waals surface area contributed by atoms with Gasteiger partial charge in [-0.05, 0) is 51.1 Å². The predicted octanol–water partition coefficient (Wildman–Crippen LogP) is 2.70. The summed E-state index contributed by atoms with van der Waals surface area (Å²) in [5.41, 5.74) is 0. The molecule has 2 nitrogen and oxygen atoms in total. The number of rotatable bonds is 2. The summed E-state index contributed by atoms with van der Waals surface area (Å²) in [6.45, 7) is 4.22. The molecule has 1 heterocycles. The first-order valence-electron chi connectivity index (χ1n) is 7.00. The van der Waals surface area contributed by atoms with E-state index < -0.39 is 12.1 Å². The third kappa shape index (κ3) is 3.60. The number of halogens is 3. The van der Waals surface area contributed by atoms with Crippen LogP contribution in [-0.2, 0) is 0 Å². The second-order valence-corrected chi connectivity index (χ2v) is 5.83. The van der Waals surface area contributed by atoms with Crippen LogP contribution in [0.3, 0.4) is 0 Å². The van der Waals surface area contributed by atoms with Crippen LogP contribution >= 0.6 is 0 Å². The summed E-state index contributed by atoms with van der Waals surface area (Å²) in [6, 6.07) is 0.757. The van der Waals surface area contributed by atoms with Crippen molar-refractivity contribution in [2.75, 3.05) is 13.1 Å². The summed E-state index contributed by atoms with van der Waals surface area (Å²) >= 11 is 0. The third-order valence-corrected chi connectivity index (χ3v) is 4.43. The minimum atomic E-state index is -3.99. The lowest BCUT2D eigenvalue weighted by atomic mass is 9.84. The number of hydrogen-bond acceptors (Lipinski definition) is 2. The van der Waals surface area contributed by atoms with E-state index in [2.05, 4.69) is 17.6 Å². The lowest BCUT2D eigenvalue weighted by Crippen LogP contribution is -2.50. The van der Waals surface area contributed by atoms with Gasteiger partial charge in [-0.3, -0.25) is 0 Å². The molecule has 1 aliphatic carbocycles. The van der Waals surface area contributed by atoms with E-state index in [-0.39, 0.29) is 6.04 Å². The molecule has 0 bridgehead atoms. The Bertz CT molecular complexity index is 259. The molecule has 0 aromatic heterocycles. The van der Waals surface area contributed by atoms with Crippen molar-refractivity contribution in [3.8, 4) is 0 Å². The van der Waals surface area contributed by atoms with E-state index in [4.69, 9.17) is 0 Å². The van der Waals surface area contributed by atoms with Crippen molar-refractivity contribution in [3.63, 3.8) is 0 Å². The highest BCUT2D eigenvalue weighted by Gasteiger charge is 2.41. The van der Waals surface area contributed by atoms with Gasteiger partial charge >= 0.3 is 6.18 Å². The van der Waals surface area contributed by atoms with Gasteiger partial charge in [0.15, 0.2) is 0 Å². The standard InChI is InChI=1S/C13H23F3N2/c1-9-8-17-7-6-12(9)18-11-4-2-10(3-5-11)13(14,15)16/h9-12,17-18H,2-8H2,1H3. The fourth-order valence-electron chi connectivity index (χ4n) is 3.15. The summed E-state index contributed by atoms with van der Waals surface area (Å²) in [5, 5.41) is 6.91. The van der Waals surface area contributed by atoms with Gasteiger partial charge in [0.2, 0.25) is 0 Å². The van der Waals surface area contributed by atoms with Gasteiger partial charge in [0.1, 0.15) is 0 Å². The molecular formula is C13H23F3N2. The Morgan fingerprint density at radius 2 is 1.72 bits per heavy atom. The second-order valence-electron chi connectivity index (χ2n) is 5.83. The van der Waals surface area contributed by atoms with Crippen molar-refractivity contribution in [3.05, 3.63) is 0 Å². The van der Waals surface area contributed by atoms with Crippen LogP contribution in [0.25, 0.3) is 0 Å². The van der Waals surface area contributed by atoms with Crippen molar-refractivity contribution in [2.45, 2.75) is 57.3 Å². The van der Waals surface area contributed by atoms with Gasteiger partial charge in [-0.2, -0.15) is 13.2 Å². The van der Waals surface area contributed by atoms with Crippen molar-refractivity contribution >= 4 is 0 Å². The van der Waals surface area contributed by atoms with Crippen molar-refractivity contribution < 1.29 is 13.2 Å². The second kappa shape index (κ2) is 5.78. The molecule has 2 atom stereocenters. The van der Waals surface area contributed by atoms with Crippen LogP contribution in [0, 0.1) is 11.8 Å². The minimum Gasteiger partial charge on any atom is -0.316 e. The first-order chi connectivity index (χ1) is 8.47. The van der Waals surface area contributed by atoms with E-state index in [0.29, 0.717) is 37.6 Å². The van der Waals surface area contributed by atoms with Crippen molar-refractivity contribution in [1.82, 2.24) is 10.6 Å². The monoisotopic (exact) mass is 264 g/mol. The van der Waals surface area contributed by atoms with Crippen LogP contribution in [0.5, 0.6) is 0 Å². The van der Waals surface area contributed by atoms with Crippen LogP contribution in [0.1, 0.15) is 39.0 Å². The van der Waals surface area contributed by atoms with Crippen LogP contribution in [0.2, 0.25) is 0 Å². The van der Waals surface area contributed by atoms with Crippen molar-refractivity contribution in [2.24, 2.45) is 11.8 Å². The zero-order valence-corrected chi connectivity index (χ0v) is 10.9. The van der Waals surface area contributed by atoms with Crippen LogP contribution in [0.15, 0.2) is 0 Å². The highest BCUT2D eigenvalue weighted by atomic mass is 19.4. The summed E-state index contributed by atoms with van der Waals surface area (Å²) in [4.78, 5) is 0. The van der Waals surface area contributed by atoms with E-state index >= 15 is 0 Å². The smallest absolute Gasteiger partial charge is 0.316 e. The normalized spacial score (nSPS) is 38.7. The van der Waals surface area contributed by atoms with Gasteiger partial charge < -0.3 is 10.6 Å². The molecule has 2 aliphatic rings. The average Bonchev–Trinajstić information content (AvgIpc) is 2.32. The first-order valence-corrected chi connectivity index (χ1v) is 7.00. The van der Waals surface area contributed by atoms with E-state index in [9.17, 15) is 13.2 Å². The highest BCUT2D eigenvalue weighted by molar-refractivity contribution is 4.87. The maximum Gasteiger partial charge on any atom is 0.391 e.